The average Bonchev–Trinajstić information content (AvgIpc) is 3.69. The van der Waals surface area contributed by atoms with Crippen LogP contribution in [-0.4, -0.2) is 106 Å². The first-order valence-corrected chi connectivity index (χ1v) is 13.1. The van der Waals surface area contributed by atoms with Crippen LogP contribution in [0, 0.1) is 0 Å². The monoisotopic (exact) mass is 515 g/mol. The molecule has 0 spiro atoms. The van der Waals surface area contributed by atoms with E-state index in [-0.39, 0.29) is 11.9 Å². The fraction of sp³-hybridized carbons (Fsp3) is 0.739. The number of hydrogen-bond acceptors (Lipinski definition) is 12. The molecule has 0 radical (unpaired) electrons. The van der Waals surface area contributed by atoms with Gasteiger partial charge < -0.3 is 30.1 Å². The number of aromatic nitrogens is 8. The van der Waals surface area contributed by atoms with Crippen LogP contribution in [0.2, 0.25) is 0 Å². The number of aliphatic hydroxyl groups excluding tert-OH is 2. The number of aryl methyl sites for hydroxylation is 1. The number of imidazole rings is 1. The number of fused-ring (bicyclic) bond motifs is 1. The van der Waals surface area contributed by atoms with E-state index in [0.717, 1.165) is 32.4 Å². The first kappa shape index (κ1) is 25.7. The van der Waals surface area contributed by atoms with Crippen molar-refractivity contribution in [2.75, 3.05) is 37.4 Å². The summed E-state index contributed by atoms with van der Waals surface area (Å²) in [6, 6.07) is 0.649. The number of likely N-dealkylation sites (N-methyl/N-ethyl adjacent to an activating group) is 1. The second-order valence-electron chi connectivity index (χ2n) is 9.97. The minimum Gasteiger partial charge on any atom is -0.387 e. The van der Waals surface area contributed by atoms with Gasteiger partial charge in [0.15, 0.2) is 29.3 Å². The van der Waals surface area contributed by atoms with Gasteiger partial charge in [0, 0.05) is 25.2 Å². The lowest BCUT2D eigenvalue weighted by molar-refractivity contribution is -0.0384. The molecule has 0 aliphatic carbocycles. The number of rotatable bonds is 9. The minimum atomic E-state index is -1.24. The molecule has 14 nitrogen and oxygen atoms in total. The zero-order valence-corrected chi connectivity index (χ0v) is 22.1. The van der Waals surface area contributed by atoms with Gasteiger partial charge in [0.1, 0.15) is 12.2 Å². The van der Waals surface area contributed by atoms with E-state index >= 15 is 0 Å². The van der Waals surface area contributed by atoms with E-state index in [9.17, 15) is 10.2 Å². The molecule has 202 valence electrons. The van der Waals surface area contributed by atoms with Crippen molar-refractivity contribution in [2.24, 2.45) is 0 Å². The quantitative estimate of drug-likeness (QED) is 0.365. The van der Waals surface area contributed by atoms with Crippen LogP contribution in [0.1, 0.15) is 58.2 Å². The predicted molar refractivity (Wildman–Crippen MR) is 136 cm³/mol. The lowest BCUT2D eigenvalue weighted by atomic mass is 10.1. The Bertz CT molecular complexity index is 1210. The maximum atomic E-state index is 11.0. The second-order valence-corrected chi connectivity index (χ2v) is 9.97. The van der Waals surface area contributed by atoms with Gasteiger partial charge >= 0.3 is 0 Å². The number of anilines is 2. The number of aliphatic hydroxyl groups is 2. The van der Waals surface area contributed by atoms with Crippen molar-refractivity contribution in [3.63, 3.8) is 0 Å². The highest BCUT2D eigenvalue weighted by atomic mass is 16.6. The van der Waals surface area contributed by atoms with Crippen LogP contribution < -0.4 is 10.2 Å². The molecule has 5 heterocycles. The summed E-state index contributed by atoms with van der Waals surface area (Å²) in [6.45, 7) is 8.35. The van der Waals surface area contributed by atoms with Crippen LogP contribution in [-0.2, 0) is 11.3 Å². The van der Waals surface area contributed by atoms with E-state index in [2.05, 4.69) is 63.5 Å². The Labute approximate surface area is 215 Å². The Morgan fingerprint density at radius 2 is 1.95 bits per heavy atom. The summed E-state index contributed by atoms with van der Waals surface area (Å²) in [6.07, 6.45) is 0.133. The summed E-state index contributed by atoms with van der Waals surface area (Å²) in [7, 11) is 4.17. The first-order valence-electron chi connectivity index (χ1n) is 13.1. The fourth-order valence-corrected chi connectivity index (χ4v) is 4.97. The molecule has 5 rings (SSSR count). The number of ether oxygens (including phenoxy) is 1. The minimum absolute atomic E-state index is 0.221. The summed E-state index contributed by atoms with van der Waals surface area (Å²) in [4.78, 5) is 20.2. The van der Waals surface area contributed by atoms with Crippen molar-refractivity contribution >= 4 is 22.9 Å². The van der Waals surface area contributed by atoms with Crippen molar-refractivity contribution in [2.45, 2.75) is 83.2 Å². The molecule has 0 bridgehead atoms. The molecule has 0 amide bonds. The highest BCUT2D eigenvalue weighted by Crippen LogP contribution is 2.39. The Morgan fingerprint density at radius 3 is 2.59 bits per heavy atom. The highest BCUT2D eigenvalue weighted by molar-refractivity contribution is 5.84. The Morgan fingerprint density at radius 1 is 1.16 bits per heavy atom. The van der Waals surface area contributed by atoms with E-state index in [1.165, 1.54) is 4.80 Å². The second kappa shape index (κ2) is 10.4. The molecule has 5 atom stereocenters. The van der Waals surface area contributed by atoms with Gasteiger partial charge in [-0.1, -0.05) is 13.8 Å². The fourth-order valence-electron chi connectivity index (χ4n) is 4.97. The third-order valence-corrected chi connectivity index (χ3v) is 7.43. The van der Waals surface area contributed by atoms with Crippen LogP contribution in [0.3, 0.4) is 0 Å². The Hall–Kier alpha value is -2.94. The molecule has 3 aromatic rings. The molecule has 0 aromatic carbocycles. The third kappa shape index (κ3) is 4.74. The van der Waals surface area contributed by atoms with E-state index in [4.69, 9.17) is 14.7 Å². The summed E-state index contributed by atoms with van der Waals surface area (Å²) >= 11 is 0. The number of hydrogen-bond donors (Lipinski definition) is 3. The maximum absolute atomic E-state index is 11.0. The van der Waals surface area contributed by atoms with Crippen molar-refractivity contribution in [1.29, 1.82) is 0 Å². The van der Waals surface area contributed by atoms with Gasteiger partial charge in [-0.05, 0) is 45.5 Å². The van der Waals surface area contributed by atoms with Gasteiger partial charge in [-0.2, -0.15) is 14.8 Å². The topological polar surface area (TPSA) is 155 Å². The van der Waals surface area contributed by atoms with Crippen molar-refractivity contribution in [3.05, 3.63) is 12.2 Å². The lowest BCUT2D eigenvalue weighted by Gasteiger charge is -2.22. The zero-order chi connectivity index (χ0) is 26.3. The summed E-state index contributed by atoms with van der Waals surface area (Å²) < 4.78 is 7.77. The normalized spacial score (nSPS) is 26.3. The zero-order valence-electron chi connectivity index (χ0n) is 22.1. The molecule has 2 aliphatic rings. The molecule has 3 aromatic heterocycles. The Kier molecular flexibility index (Phi) is 7.25. The largest absolute Gasteiger partial charge is 0.387 e. The van der Waals surface area contributed by atoms with E-state index in [1.807, 2.05) is 6.92 Å². The summed E-state index contributed by atoms with van der Waals surface area (Å²) in [5.41, 5.74) is 1.11. The smallest absolute Gasteiger partial charge is 0.229 e. The molecule has 2 aliphatic heterocycles. The van der Waals surface area contributed by atoms with Gasteiger partial charge in [0.05, 0.1) is 12.9 Å². The molecule has 3 N–H and O–H groups in total. The average molecular weight is 516 g/mol. The molecule has 0 saturated carbocycles. The van der Waals surface area contributed by atoms with E-state index in [1.54, 1.807) is 10.9 Å². The van der Waals surface area contributed by atoms with Crippen LogP contribution in [0.5, 0.6) is 0 Å². The van der Waals surface area contributed by atoms with Crippen LogP contribution in [0.4, 0.5) is 11.8 Å². The van der Waals surface area contributed by atoms with Gasteiger partial charge in [-0.25, -0.2) is 4.98 Å². The van der Waals surface area contributed by atoms with Gasteiger partial charge in [-0.3, -0.25) is 4.57 Å². The molecular weight excluding hydrogens is 478 g/mol. The molecule has 0 unspecified atom stereocenters. The van der Waals surface area contributed by atoms with E-state index < -0.39 is 24.5 Å². The number of tetrazole rings is 1. The van der Waals surface area contributed by atoms with Crippen molar-refractivity contribution in [3.8, 4) is 0 Å². The first-order chi connectivity index (χ1) is 17.8. The highest BCUT2D eigenvalue weighted by Gasteiger charge is 2.47. The van der Waals surface area contributed by atoms with Crippen LogP contribution in [0.25, 0.3) is 11.2 Å². The molecule has 37 heavy (non-hydrogen) atoms. The van der Waals surface area contributed by atoms with Crippen molar-refractivity contribution < 1.29 is 14.9 Å². The Balaban J connectivity index is 1.52. The van der Waals surface area contributed by atoms with Crippen LogP contribution in [0.15, 0.2) is 6.33 Å². The molecule has 2 fully saturated rings. The maximum Gasteiger partial charge on any atom is 0.229 e. The summed E-state index contributed by atoms with van der Waals surface area (Å²) in [5.74, 6) is 1.47. The van der Waals surface area contributed by atoms with Gasteiger partial charge in [-0.15, -0.1) is 10.2 Å². The van der Waals surface area contributed by atoms with Crippen LogP contribution >= 0.6 is 0 Å². The number of nitrogens with zero attached hydrogens (tertiary/aromatic N) is 10. The third-order valence-electron chi connectivity index (χ3n) is 7.43. The van der Waals surface area contributed by atoms with E-state index in [0.29, 0.717) is 35.5 Å². The van der Waals surface area contributed by atoms with Gasteiger partial charge in [0.2, 0.25) is 11.8 Å². The predicted octanol–water partition coefficient (Wildman–Crippen LogP) is 0.565. The standard InChI is InChI=1S/C23H37N11O3/c1-6-13(7-2)25-19-15-21(27-23(26-19)32-10-9-14(11-32)31(4)5)33(12-24-15)22-17(36)16(35)18(37-22)20-28-30-34(8-3)29-20/h12-14,16-18,22,35-36H,6-11H2,1-5H3,(H,25,26,27)/t14-,16-,17+,18-,22+/m0/s1. The van der Waals surface area contributed by atoms with Gasteiger partial charge in [0.25, 0.3) is 0 Å². The molecular formula is C23H37N11O3. The number of nitrogens with one attached hydrogen (secondary N) is 1. The molecule has 14 heteroatoms. The van der Waals surface area contributed by atoms with Crippen molar-refractivity contribution in [1.82, 2.24) is 44.6 Å². The SMILES string of the molecule is CCC(CC)Nc1nc(N2CC[C@H](N(C)C)C2)nc2c1ncn2[C@@H]1O[C@H](c2nnn(CC)n2)[C@@H](O)[C@H]1O. The molecule has 2 saturated heterocycles. The summed E-state index contributed by atoms with van der Waals surface area (Å²) in [5, 5.41) is 37.5. The lowest BCUT2D eigenvalue weighted by Crippen LogP contribution is -2.32.